The summed E-state index contributed by atoms with van der Waals surface area (Å²) in [7, 11) is -3.57. The van der Waals surface area contributed by atoms with Crippen LogP contribution < -0.4 is 8.92 Å². The first-order chi connectivity index (χ1) is 14.3. The molecule has 0 aromatic heterocycles. The van der Waals surface area contributed by atoms with Gasteiger partial charge in [0.25, 0.3) is 0 Å². The fourth-order valence-corrected chi connectivity index (χ4v) is 4.19. The molecule has 2 aromatic rings. The number of rotatable bonds is 9. The Morgan fingerprint density at radius 1 is 0.935 bits per heavy atom. The standard InChI is InChI=1S/C25H34O5S/c1-8-25(9-2,20-12-15-22(18(3)16-20)30-31(7,27)28)19-10-13-21(14-11-19)29-17-23(26)24(4,5)6/h10-16H,8-9,17H2,1-7H3. The molecule has 0 aliphatic carbocycles. The number of carbonyl (C=O) groups is 1. The van der Waals surface area contributed by atoms with Crippen molar-refractivity contribution in [3.05, 3.63) is 59.2 Å². The summed E-state index contributed by atoms with van der Waals surface area (Å²) in [4.78, 5) is 12.1. The van der Waals surface area contributed by atoms with E-state index in [0.717, 1.165) is 35.8 Å². The van der Waals surface area contributed by atoms with Gasteiger partial charge >= 0.3 is 10.1 Å². The molecule has 0 bridgehead atoms. The number of hydrogen-bond acceptors (Lipinski definition) is 5. The van der Waals surface area contributed by atoms with Crippen LogP contribution in [0.4, 0.5) is 0 Å². The molecule has 0 fully saturated rings. The maximum Gasteiger partial charge on any atom is 0.306 e. The van der Waals surface area contributed by atoms with E-state index in [9.17, 15) is 13.2 Å². The molecule has 0 aliphatic heterocycles. The summed E-state index contributed by atoms with van der Waals surface area (Å²) in [6.07, 6.45) is 2.79. The van der Waals surface area contributed by atoms with Crippen LogP contribution in [0.25, 0.3) is 0 Å². The minimum absolute atomic E-state index is 0.0521. The van der Waals surface area contributed by atoms with E-state index in [-0.39, 0.29) is 17.8 Å². The number of carbonyl (C=O) groups excluding carboxylic acids is 1. The Bertz CT molecular complexity index is 1010. The predicted octanol–water partition coefficient (Wildman–Crippen LogP) is 5.43. The maximum atomic E-state index is 12.1. The smallest absolute Gasteiger partial charge is 0.306 e. The number of ether oxygens (including phenoxy) is 1. The van der Waals surface area contributed by atoms with Crippen LogP contribution in [-0.4, -0.2) is 27.1 Å². The molecule has 2 aromatic carbocycles. The quantitative estimate of drug-likeness (QED) is 0.480. The first-order valence-electron chi connectivity index (χ1n) is 10.6. The predicted molar refractivity (Wildman–Crippen MR) is 124 cm³/mol. The zero-order chi connectivity index (χ0) is 23.4. The summed E-state index contributed by atoms with van der Waals surface area (Å²) >= 11 is 0. The third-order valence-electron chi connectivity index (χ3n) is 5.79. The number of Topliss-reactive ketones (excluding diaryl/α,β-unsaturated/α-hetero) is 1. The number of hydrogen-bond donors (Lipinski definition) is 0. The highest BCUT2D eigenvalue weighted by Crippen LogP contribution is 2.41. The summed E-state index contributed by atoms with van der Waals surface area (Å²) < 4.78 is 33.8. The van der Waals surface area contributed by atoms with Crippen molar-refractivity contribution in [2.45, 2.75) is 59.8 Å². The van der Waals surface area contributed by atoms with Gasteiger partial charge in [-0.15, -0.1) is 0 Å². The van der Waals surface area contributed by atoms with Crippen molar-refractivity contribution in [2.24, 2.45) is 5.41 Å². The summed E-state index contributed by atoms with van der Waals surface area (Å²) in [5.41, 5.74) is 2.36. The first kappa shape index (κ1) is 24.9. The topological polar surface area (TPSA) is 69.7 Å². The molecule has 0 heterocycles. The molecule has 0 spiro atoms. The zero-order valence-corrected chi connectivity index (χ0v) is 20.4. The molecule has 170 valence electrons. The van der Waals surface area contributed by atoms with Crippen molar-refractivity contribution in [3.63, 3.8) is 0 Å². The molecule has 2 rings (SSSR count). The van der Waals surface area contributed by atoms with E-state index in [1.54, 1.807) is 6.07 Å². The molecule has 6 heteroatoms. The molecule has 0 saturated carbocycles. The first-order valence-corrected chi connectivity index (χ1v) is 12.4. The number of ketones is 1. The van der Waals surface area contributed by atoms with Gasteiger partial charge in [0.2, 0.25) is 0 Å². The van der Waals surface area contributed by atoms with Gasteiger partial charge in [-0.05, 0) is 54.7 Å². The lowest BCUT2D eigenvalue weighted by atomic mass is 9.70. The van der Waals surface area contributed by atoms with Gasteiger partial charge in [0, 0.05) is 10.8 Å². The molecule has 0 N–H and O–H groups in total. The van der Waals surface area contributed by atoms with Crippen molar-refractivity contribution < 1.29 is 22.1 Å². The lowest BCUT2D eigenvalue weighted by Gasteiger charge is -2.34. The van der Waals surface area contributed by atoms with Gasteiger partial charge in [0.05, 0.1) is 6.26 Å². The van der Waals surface area contributed by atoms with Crippen molar-refractivity contribution in [3.8, 4) is 11.5 Å². The summed E-state index contributed by atoms with van der Waals surface area (Å²) in [5, 5.41) is 0. The fourth-order valence-electron chi connectivity index (χ4n) is 3.67. The molecule has 0 saturated heterocycles. The van der Waals surface area contributed by atoms with Crippen LogP contribution in [0.2, 0.25) is 0 Å². The molecular formula is C25H34O5S. The highest BCUT2D eigenvalue weighted by atomic mass is 32.2. The monoisotopic (exact) mass is 446 g/mol. The van der Waals surface area contributed by atoms with Gasteiger partial charge in [-0.25, -0.2) is 0 Å². The summed E-state index contributed by atoms with van der Waals surface area (Å²) in [5.74, 6) is 1.06. The maximum absolute atomic E-state index is 12.1. The SMILES string of the molecule is CCC(CC)(c1ccc(OCC(=O)C(C)(C)C)cc1)c1ccc(OS(C)(=O)=O)c(C)c1. The van der Waals surface area contributed by atoms with E-state index in [1.807, 2.05) is 64.1 Å². The Labute approximate surface area is 186 Å². The number of benzene rings is 2. The third kappa shape index (κ3) is 6.10. The second-order valence-corrected chi connectivity index (χ2v) is 10.6. The van der Waals surface area contributed by atoms with E-state index in [2.05, 4.69) is 13.8 Å². The highest BCUT2D eigenvalue weighted by molar-refractivity contribution is 7.86. The van der Waals surface area contributed by atoms with E-state index >= 15 is 0 Å². The Morgan fingerprint density at radius 2 is 1.48 bits per heavy atom. The second kappa shape index (κ2) is 9.43. The van der Waals surface area contributed by atoms with Crippen LogP contribution in [0, 0.1) is 12.3 Å². The van der Waals surface area contributed by atoms with Crippen molar-refractivity contribution >= 4 is 15.9 Å². The van der Waals surface area contributed by atoms with Crippen molar-refractivity contribution in [1.29, 1.82) is 0 Å². The van der Waals surface area contributed by atoms with Crippen LogP contribution in [0.15, 0.2) is 42.5 Å². The van der Waals surface area contributed by atoms with E-state index in [1.165, 1.54) is 0 Å². The molecular weight excluding hydrogens is 412 g/mol. The average Bonchev–Trinajstić information content (AvgIpc) is 2.68. The minimum atomic E-state index is -3.57. The van der Waals surface area contributed by atoms with Crippen molar-refractivity contribution in [2.75, 3.05) is 12.9 Å². The van der Waals surface area contributed by atoms with Crippen LogP contribution in [0.5, 0.6) is 11.5 Å². The van der Waals surface area contributed by atoms with E-state index < -0.39 is 15.5 Å². The minimum Gasteiger partial charge on any atom is -0.486 e. The molecule has 0 radical (unpaired) electrons. The Balaban J connectivity index is 2.32. The van der Waals surface area contributed by atoms with E-state index in [4.69, 9.17) is 8.92 Å². The van der Waals surface area contributed by atoms with Gasteiger partial charge in [-0.1, -0.05) is 58.9 Å². The molecule has 0 atom stereocenters. The second-order valence-electron chi connectivity index (χ2n) is 9.04. The Hall–Kier alpha value is -2.34. The normalized spacial score (nSPS) is 12.5. The van der Waals surface area contributed by atoms with Crippen LogP contribution in [-0.2, 0) is 20.3 Å². The molecule has 0 aliphatic rings. The zero-order valence-electron chi connectivity index (χ0n) is 19.6. The molecule has 0 unspecified atom stereocenters. The summed E-state index contributed by atoms with van der Waals surface area (Å²) in [6.45, 7) is 11.8. The third-order valence-corrected chi connectivity index (χ3v) is 6.27. The Morgan fingerprint density at radius 3 is 1.94 bits per heavy atom. The lowest BCUT2D eigenvalue weighted by molar-refractivity contribution is -0.128. The Kier molecular flexibility index (Phi) is 7.58. The van der Waals surface area contributed by atoms with Gasteiger partial charge < -0.3 is 8.92 Å². The van der Waals surface area contributed by atoms with Crippen LogP contribution in [0.1, 0.15) is 64.2 Å². The molecule has 5 nitrogen and oxygen atoms in total. The largest absolute Gasteiger partial charge is 0.486 e. The lowest BCUT2D eigenvalue weighted by Crippen LogP contribution is -2.27. The van der Waals surface area contributed by atoms with Crippen molar-refractivity contribution in [1.82, 2.24) is 0 Å². The number of aryl methyl sites for hydroxylation is 1. The van der Waals surface area contributed by atoms with Gasteiger partial charge in [-0.2, -0.15) is 8.42 Å². The van der Waals surface area contributed by atoms with Crippen LogP contribution in [0.3, 0.4) is 0 Å². The van der Waals surface area contributed by atoms with E-state index in [0.29, 0.717) is 11.5 Å². The molecule has 31 heavy (non-hydrogen) atoms. The fraction of sp³-hybridized carbons (Fsp3) is 0.480. The van der Waals surface area contributed by atoms with Gasteiger partial charge in [0.15, 0.2) is 5.78 Å². The van der Waals surface area contributed by atoms with Gasteiger partial charge in [-0.3, -0.25) is 4.79 Å². The van der Waals surface area contributed by atoms with Crippen LogP contribution >= 0.6 is 0 Å². The molecule has 0 amide bonds. The average molecular weight is 447 g/mol. The highest BCUT2D eigenvalue weighted by Gasteiger charge is 2.31. The van der Waals surface area contributed by atoms with Gasteiger partial charge in [0.1, 0.15) is 18.1 Å². The summed E-state index contributed by atoms with van der Waals surface area (Å²) in [6, 6.07) is 13.5.